The molecule has 2 aromatic carbocycles. The van der Waals surface area contributed by atoms with Crippen molar-refractivity contribution in [2.24, 2.45) is 0 Å². The summed E-state index contributed by atoms with van der Waals surface area (Å²) in [6, 6.07) is 19.7. The van der Waals surface area contributed by atoms with E-state index in [2.05, 4.69) is 27.2 Å². The Morgan fingerprint density at radius 3 is 2.71 bits per heavy atom. The van der Waals surface area contributed by atoms with E-state index in [4.69, 9.17) is 4.74 Å². The molecule has 7 heteroatoms. The molecule has 0 radical (unpaired) electrons. The fraction of sp³-hybridized carbons (Fsp3) is 0.167. The van der Waals surface area contributed by atoms with Crippen LogP contribution in [0.1, 0.15) is 11.4 Å². The summed E-state index contributed by atoms with van der Waals surface area (Å²) in [5, 5.41) is 3.76. The van der Waals surface area contributed by atoms with E-state index >= 15 is 0 Å². The van der Waals surface area contributed by atoms with Gasteiger partial charge in [0, 0.05) is 25.2 Å². The number of benzene rings is 2. The highest BCUT2D eigenvalue weighted by atomic mass is 16.5. The monoisotopic (exact) mass is 412 g/mol. The number of methoxy groups -OCH3 is 1. The number of aryl methyl sites for hydroxylation is 3. The van der Waals surface area contributed by atoms with Crippen LogP contribution in [-0.2, 0) is 13.0 Å². The number of hydrogen-bond acceptors (Lipinski definition) is 4. The van der Waals surface area contributed by atoms with Crippen molar-refractivity contribution in [1.82, 2.24) is 19.6 Å². The normalized spacial score (nSPS) is 11.3. The lowest BCUT2D eigenvalue weighted by atomic mass is 10.1. The summed E-state index contributed by atoms with van der Waals surface area (Å²) in [5.74, 6) is 1.95. The van der Waals surface area contributed by atoms with Gasteiger partial charge < -0.3 is 9.30 Å². The summed E-state index contributed by atoms with van der Waals surface area (Å²) >= 11 is 0. The van der Waals surface area contributed by atoms with E-state index in [1.807, 2.05) is 61.7 Å². The molecular formula is C24H22N5O2+. The third kappa shape index (κ3) is 3.44. The molecule has 0 spiro atoms. The molecule has 5 aromatic rings. The van der Waals surface area contributed by atoms with Crippen molar-refractivity contribution >= 4 is 16.7 Å². The smallest absolute Gasteiger partial charge is 0.458 e. The largest absolute Gasteiger partial charge is 0.497 e. The minimum Gasteiger partial charge on any atom is -0.497 e. The van der Waals surface area contributed by atoms with Crippen molar-refractivity contribution in [3.05, 3.63) is 88.6 Å². The summed E-state index contributed by atoms with van der Waals surface area (Å²) in [6.07, 6.45) is 2.58. The second-order valence-corrected chi connectivity index (χ2v) is 7.45. The zero-order valence-electron chi connectivity index (χ0n) is 17.4. The first-order chi connectivity index (χ1) is 15.1. The molecule has 0 fully saturated rings. The van der Waals surface area contributed by atoms with Gasteiger partial charge in [-0.25, -0.2) is 5.10 Å². The van der Waals surface area contributed by atoms with E-state index in [1.54, 1.807) is 16.2 Å². The van der Waals surface area contributed by atoms with Crippen molar-refractivity contribution in [3.63, 3.8) is 0 Å². The molecule has 0 atom stereocenters. The molecule has 154 valence electrons. The lowest BCUT2D eigenvalue weighted by Crippen LogP contribution is -2.32. The van der Waals surface area contributed by atoms with E-state index < -0.39 is 0 Å². The first-order valence-electron chi connectivity index (χ1n) is 10.1. The maximum atomic E-state index is 13.6. The van der Waals surface area contributed by atoms with Gasteiger partial charge in [0.15, 0.2) is 11.2 Å². The molecule has 0 amide bonds. The number of aromatic nitrogens is 5. The van der Waals surface area contributed by atoms with Gasteiger partial charge >= 0.3 is 5.78 Å². The van der Waals surface area contributed by atoms with Crippen LogP contribution in [0.5, 0.6) is 5.75 Å². The highest BCUT2D eigenvalue weighted by Crippen LogP contribution is 2.25. The first-order valence-corrected chi connectivity index (χ1v) is 10.1. The van der Waals surface area contributed by atoms with E-state index in [9.17, 15) is 4.79 Å². The second-order valence-electron chi connectivity index (χ2n) is 7.45. The second kappa shape index (κ2) is 7.68. The van der Waals surface area contributed by atoms with Crippen LogP contribution >= 0.6 is 0 Å². The van der Waals surface area contributed by atoms with E-state index in [0.717, 1.165) is 23.5 Å². The SMILES string of the molecule is COc1cccc(-c2c3c(=O)n(CCc4ccccc4)ccc3nc3nc(C)[nH][n+]23)c1. The maximum Gasteiger partial charge on any atom is 0.458 e. The zero-order valence-corrected chi connectivity index (χ0v) is 17.4. The third-order valence-electron chi connectivity index (χ3n) is 5.39. The van der Waals surface area contributed by atoms with Gasteiger partial charge in [-0.05, 0) is 30.2 Å². The third-order valence-corrected chi connectivity index (χ3v) is 5.39. The molecule has 0 aliphatic carbocycles. The van der Waals surface area contributed by atoms with Crippen LogP contribution < -0.4 is 14.8 Å². The molecule has 3 heterocycles. The standard InChI is InChI=1S/C24H21N5O2/c1-16-25-24-26-20-12-14-28(13-11-17-7-4-3-5-8-17)23(30)21(20)22(29(24)27-16)18-9-6-10-19(15-18)31-2/h3-10,12,14-15H,11,13H2,1-2H3/p+1. The van der Waals surface area contributed by atoms with Crippen LogP contribution in [0.2, 0.25) is 0 Å². The topological polar surface area (TPSA) is 76.9 Å². The predicted molar refractivity (Wildman–Crippen MR) is 118 cm³/mol. The lowest BCUT2D eigenvalue weighted by molar-refractivity contribution is -0.567. The van der Waals surface area contributed by atoms with Gasteiger partial charge in [0.1, 0.15) is 11.1 Å². The summed E-state index contributed by atoms with van der Waals surface area (Å²) in [6.45, 7) is 2.45. The Morgan fingerprint density at radius 2 is 1.90 bits per heavy atom. The number of aromatic amines is 1. The Morgan fingerprint density at radius 1 is 1.06 bits per heavy atom. The number of H-pyrrole nitrogens is 1. The number of nitrogens with zero attached hydrogens (tertiary/aromatic N) is 4. The Hall–Kier alpha value is -4.00. The van der Waals surface area contributed by atoms with Crippen molar-refractivity contribution in [2.75, 3.05) is 7.11 Å². The van der Waals surface area contributed by atoms with Gasteiger partial charge in [-0.15, -0.1) is 4.52 Å². The number of nitrogens with one attached hydrogen (secondary N) is 1. The summed E-state index contributed by atoms with van der Waals surface area (Å²) < 4.78 is 8.93. The molecule has 3 aromatic heterocycles. The van der Waals surface area contributed by atoms with Crippen LogP contribution in [0.3, 0.4) is 0 Å². The number of fused-ring (bicyclic) bond motifs is 2. The molecule has 5 rings (SSSR count). The zero-order chi connectivity index (χ0) is 21.4. The Labute approximate surface area is 178 Å². The minimum absolute atomic E-state index is 0.0830. The maximum absolute atomic E-state index is 13.6. The van der Waals surface area contributed by atoms with Crippen LogP contribution in [-0.4, -0.2) is 26.7 Å². The quantitative estimate of drug-likeness (QED) is 0.450. The Balaban J connectivity index is 1.73. The molecule has 0 bridgehead atoms. The van der Waals surface area contributed by atoms with Crippen LogP contribution in [0.25, 0.3) is 27.9 Å². The number of hydrogen-bond donors (Lipinski definition) is 1. The number of pyridine rings is 1. The molecule has 1 N–H and O–H groups in total. The number of ether oxygens (including phenoxy) is 1. The van der Waals surface area contributed by atoms with Gasteiger partial charge in [0.2, 0.25) is 5.82 Å². The van der Waals surface area contributed by atoms with E-state index in [1.165, 1.54) is 5.56 Å². The summed E-state index contributed by atoms with van der Waals surface area (Å²) in [4.78, 5) is 22.7. The summed E-state index contributed by atoms with van der Waals surface area (Å²) in [5.41, 5.74) is 3.29. The molecule has 0 unspecified atom stereocenters. The Kier molecular flexibility index (Phi) is 4.71. The summed E-state index contributed by atoms with van der Waals surface area (Å²) in [7, 11) is 1.63. The van der Waals surface area contributed by atoms with E-state index in [-0.39, 0.29) is 5.56 Å². The van der Waals surface area contributed by atoms with E-state index in [0.29, 0.717) is 29.0 Å². The van der Waals surface area contributed by atoms with Gasteiger partial charge in [-0.2, -0.15) is 0 Å². The highest BCUT2D eigenvalue weighted by Gasteiger charge is 2.24. The van der Waals surface area contributed by atoms with Crippen LogP contribution in [0, 0.1) is 6.92 Å². The van der Waals surface area contributed by atoms with Crippen molar-refractivity contribution in [2.45, 2.75) is 19.9 Å². The molecule has 0 saturated heterocycles. The van der Waals surface area contributed by atoms with Crippen LogP contribution in [0.15, 0.2) is 71.7 Å². The van der Waals surface area contributed by atoms with Gasteiger partial charge in [0.25, 0.3) is 5.56 Å². The van der Waals surface area contributed by atoms with Crippen molar-refractivity contribution < 1.29 is 9.25 Å². The predicted octanol–water partition coefficient (Wildman–Crippen LogP) is 3.09. The van der Waals surface area contributed by atoms with Crippen LogP contribution in [0.4, 0.5) is 0 Å². The Bertz CT molecular complexity index is 1450. The van der Waals surface area contributed by atoms with Crippen molar-refractivity contribution in [3.8, 4) is 17.0 Å². The molecule has 0 saturated carbocycles. The average Bonchev–Trinajstić information content (AvgIpc) is 3.17. The highest BCUT2D eigenvalue weighted by molar-refractivity contribution is 5.90. The minimum atomic E-state index is -0.0830. The molecular weight excluding hydrogens is 390 g/mol. The average molecular weight is 412 g/mol. The van der Waals surface area contributed by atoms with Crippen molar-refractivity contribution in [1.29, 1.82) is 0 Å². The molecule has 0 aliphatic heterocycles. The van der Waals surface area contributed by atoms with Gasteiger partial charge in [-0.1, -0.05) is 52.4 Å². The first kappa shape index (κ1) is 19.0. The molecule has 31 heavy (non-hydrogen) atoms. The molecule has 7 nitrogen and oxygen atoms in total. The van der Waals surface area contributed by atoms with Gasteiger partial charge in [-0.3, -0.25) is 4.79 Å². The lowest BCUT2D eigenvalue weighted by Gasteiger charge is -2.09. The number of rotatable bonds is 5. The fourth-order valence-electron chi connectivity index (χ4n) is 3.88. The fourth-order valence-corrected chi connectivity index (χ4v) is 3.88. The molecule has 0 aliphatic rings. The van der Waals surface area contributed by atoms with Gasteiger partial charge in [0.05, 0.1) is 7.11 Å².